The maximum Gasteiger partial charge on any atom is 0.225 e. The molecule has 6 heteroatoms. The molecule has 5 nitrogen and oxygen atoms in total. The minimum absolute atomic E-state index is 0.127. The van der Waals surface area contributed by atoms with Crippen LogP contribution in [0.5, 0.6) is 0 Å². The van der Waals surface area contributed by atoms with E-state index in [9.17, 15) is 9.18 Å². The number of hydrogen-bond acceptors (Lipinski definition) is 4. The summed E-state index contributed by atoms with van der Waals surface area (Å²) >= 11 is 0. The zero-order valence-corrected chi connectivity index (χ0v) is 16.1. The maximum absolute atomic E-state index is 14.7. The Morgan fingerprint density at radius 2 is 1.86 bits per heavy atom. The van der Waals surface area contributed by atoms with E-state index in [0.29, 0.717) is 31.6 Å². The molecule has 2 aliphatic rings. The van der Waals surface area contributed by atoms with E-state index in [-0.39, 0.29) is 11.7 Å². The molecule has 0 radical (unpaired) electrons. The molecule has 0 spiro atoms. The zero-order valence-electron chi connectivity index (χ0n) is 16.1. The lowest BCUT2D eigenvalue weighted by Crippen LogP contribution is -2.47. The highest BCUT2D eigenvalue weighted by Crippen LogP contribution is 2.24. The Labute approximate surface area is 165 Å². The number of nitrogens with one attached hydrogen (secondary N) is 2. The number of benzene rings is 2. The van der Waals surface area contributed by atoms with Crippen LogP contribution in [0.3, 0.4) is 0 Å². The van der Waals surface area contributed by atoms with Gasteiger partial charge < -0.3 is 15.5 Å². The molecule has 0 aromatic heterocycles. The van der Waals surface area contributed by atoms with Gasteiger partial charge in [-0.1, -0.05) is 24.3 Å². The van der Waals surface area contributed by atoms with Crippen LogP contribution in [0.4, 0.5) is 15.8 Å². The molecule has 2 heterocycles. The Balaban J connectivity index is 1.25. The van der Waals surface area contributed by atoms with Crippen LogP contribution < -0.4 is 15.5 Å². The molecule has 0 saturated carbocycles. The summed E-state index contributed by atoms with van der Waals surface area (Å²) in [6.07, 6.45) is 1.04. The molecule has 28 heavy (non-hydrogen) atoms. The summed E-state index contributed by atoms with van der Waals surface area (Å²) in [5.74, 6) is -0.401. The minimum Gasteiger partial charge on any atom is -0.369 e. The largest absolute Gasteiger partial charge is 0.369 e. The number of halogens is 1. The smallest absolute Gasteiger partial charge is 0.225 e. The molecule has 2 aromatic carbocycles. The van der Waals surface area contributed by atoms with Gasteiger partial charge in [-0.15, -0.1) is 0 Å². The molecule has 0 aliphatic carbocycles. The van der Waals surface area contributed by atoms with Crippen molar-refractivity contribution in [3.8, 4) is 0 Å². The number of carbonyl (C=O) groups excluding carboxylic acids is 1. The number of hydrogen-bond donors (Lipinski definition) is 2. The van der Waals surface area contributed by atoms with Crippen LogP contribution in [0.15, 0.2) is 42.5 Å². The number of piperazine rings is 1. The normalized spacial score (nSPS) is 17.2. The summed E-state index contributed by atoms with van der Waals surface area (Å²) in [5.41, 5.74) is 3.27. The first-order chi connectivity index (χ1) is 13.7. The fourth-order valence-corrected chi connectivity index (χ4v) is 3.97. The van der Waals surface area contributed by atoms with E-state index in [0.717, 1.165) is 43.9 Å². The second kappa shape index (κ2) is 8.71. The Kier molecular flexibility index (Phi) is 5.88. The first kappa shape index (κ1) is 18.9. The Morgan fingerprint density at radius 3 is 2.64 bits per heavy atom. The number of rotatable bonds is 5. The number of para-hydroxylation sites is 1. The lowest BCUT2D eigenvalue weighted by Gasteiger charge is -2.36. The molecule has 1 amide bonds. The Bertz CT molecular complexity index is 819. The van der Waals surface area contributed by atoms with Crippen LogP contribution in [0.2, 0.25) is 0 Å². The van der Waals surface area contributed by atoms with Crippen molar-refractivity contribution >= 4 is 17.3 Å². The third kappa shape index (κ3) is 4.34. The van der Waals surface area contributed by atoms with Crippen molar-refractivity contribution in [1.82, 2.24) is 10.2 Å². The van der Waals surface area contributed by atoms with Gasteiger partial charge in [-0.05, 0) is 42.3 Å². The van der Waals surface area contributed by atoms with Crippen LogP contribution in [-0.4, -0.2) is 50.1 Å². The highest BCUT2D eigenvalue weighted by molar-refractivity contribution is 5.91. The van der Waals surface area contributed by atoms with Crippen molar-refractivity contribution in [2.24, 2.45) is 0 Å². The van der Waals surface area contributed by atoms with Crippen LogP contribution in [0, 0.1) is 5.82 Å². The number of anilines is 2. The molecule has 1 saturated heterocycles. The van der Waals surface area contributed by atoms with E-state index in [4.69, 9.17) is 0 Å². The summed E-state index contributed by atoms with van der Waals surface area (Å²) in [6, 6.07) is 14.0. The van der Waals surface area contributed by atoms with Gasteiger partial charge in [0.05, 0.1) is 5.69 Å². The van der Waals surface area contributed by atoms with Crippen molar-refractivity contribution in [3.63, 3.8) is 0 Å². The zero-order chi connectivity index (χ0) is 19.3. The molecule has 1 fully saturated rings. The average Bonchev–Trinajstić information content (AvgIpc) is 2.75. The molecule has 0 atom stereocenters. The standard InChI is InChI=1S/C22H27FN4O/c23-22-19-8-10-24-16-17(19)6-7-20(22)25-21(28)9-11-26-12-14-27(15-13-26)18-4-2-1-3-5-18/h1-7,24H,8-16H2,(H,25,28). The fraction of sp³-hybridized carbons (Fsp3) is 0.409. The highest BCUT2D eigenvalue weighted by atomic mass is 19.1. The van der Waals surface area contributed by atoms with Crippen LogP contribution in [0.25, 0.3) is 0 Å². The van der Waals surface area contributed by atoms with E-state index in [2.05, 4.69) is 44.7 Å². The molecule has 4 rings (SSSR count). The van der Waals surface area contributed by atoms with Crippen molar-refractivity contribution in [2.45, 2.75) is 19.4 Å². The average molecular weight is 382 g/mol. The minimum atomic E-state index is -0.274. The molecule has 148 valence electrons. The van der Waals surface area contributed by atoms with Gasteiger partial charge >= 0.3 is 0 Å². The quantitative estimate of drug-likeness (QED) is 0.835. The maximum atomic E-state index is 14.7. The van der Waals surface area contributed by atoms with Gasteiger partial charge in [0, 0.05) is 51.4 Å². The summed E-state index contributed by atoms with van der Waals surface area (Å²) in [4.78, 5) is 17.0. The third-order valence-corrected chi connectivity index (χ3v) is 5.63. The van der Waals surface area contributed by atoms with Gasteiger partial charge in [0.15, 0.2) is 0 Å². The topological polar surface area (TPSA) is 47.6 Å². The predicted molar refractivity (Wildman–Crippen MR) is 110 cm³/mol. The Hall–Kier alpha value is -2.44. The van der Waals surface area contributed by atoms with Gasteiger partial charge in [-0.3, -0.25) is 9.69 Å². The summed E-state index contributed by atoms with van der Waals surface area (Å²) in [6.45, 7) is 5.94. The number of nitrogens with zero attached hydrogens (tertiary/aromatic N) is 2. The second-order valence-electron chi connectivity index (χ2n) is 7.45. The molecule has 2 N–H and O–H groups in total. The first-order valence-electron chi connectivity index (χ1n) is 10.0. The molecule has 0 bridgehead atoms. The number of amides is 1. The van der Waals surface area contributed by atoms with E-state index >= 15 is 0 Å². The molecule has 0 unspecified atom stereocenters. The summed E-state index contributed by atoms with van der Waals surface area (Å²) in [5, 5.41) is 6.00. The summed E-state index contributed by atoms with van der Waals surface area (Å²) < 4.78 is 14.7. The van der Waals surface area contributed by atoms with Crippen LogP contribution >= 0.6 is 0 Å². The van der Waals surface area contributed by atoms with Gasteiger partial charge in [-0.2, -0.15) is 0 Å². The molecule has 2 aliphatic heterocycles. The van der Waals surface area contributed by atoms with Crippen molar-refractivity contribution in [3.05, 3.63) is 59.4 Å². The second-order valence-corrected chi connectivity index (χ2v) is 7.45. The first-order valence-corrected chi connectivity index (χ1v) is 10.0. The monoisotopic (exact) mass is 382 g/mol. The lowest BCUT2D eigenvalue weighted by atomic mass is 9.99. The predicted octanol–water partition coefficient (Wildman–Crippen LogP) is 2.62. The highest BCUT2D eigenvalue weighted by Gasteiger charge is 2.20. The number of fused-ring (bicyclic) bond motifs is 1. The van der Waals surface area contributed by atoms with Gasteiger partial charge in [0.2, 0.25) is 5.91 Å². The van der Waals surface area contributed by atoms with E-state index in [1.165, 1.54) is 5.69 Å². The molecular formula is C22H27FN4O. The third-order valence-electron chi connectivity index (χ3n) is 5.63. The van der Waals surface area contributed by atoms with Crippen molar-refractivity contribution in [2.75, 3.05) is 49.5 Å². The lowest BCUT2D eigenvalue weighted by molar-refractivity contribution is -0.116. The van der Waals surface area contributed by atoms with E-state index in [1.54, 1.807) is 6.07 Å². The van der Waals surface area contributed by atoms with Crippen molar-refractivity contribution in [1.29, 1.82) is 0 Å². The summed E-state index contributed by atoms with van der Waals surface area (Å²) in [7, 11) is 0. The van der Waals surface area contributed by atoms with Crippen LogP contribution in [0.1, 0.15) is 17.5 Å². The van der Waals surface area contributed by atoms with Gasteiger partial charge in [0.25, 0.3) is 0 Å². The molecular weight excluding hydrogens is 355 g/mol. The van der Waals surface area contributed by atoms with Crippen molar-refractivity contribution < 1.29 is 9.18 Å². The van der Waals surface area contributed by atoms with E-state index in [1.807, 2.05) is 12.1 Å². The number of carbonyl (C=O) groups is 1. The fourth-order valence-electron chi connectivity index (χ4n) is 3.97. The van der Waals surface area contributed by atoms with Gasteiger partial charge in [-0.25, -0.2) is 4.39 Å². The molecule has 2 aromatic rings. The van der Waals surface area contributed by atoms with Crippen LogP contribution in [-0.2, 0) is 17.8 Å². The van der Waals surface area contributed by atoms with E-state index < -0.39 is 0 Å². The SMILES string of the molecule is O=C(CCN1CCN(c2ccccc2)CC1)Nc1ccc2c(c1F)CCNC2. The van der Waals surface area contributed by atoms with Gasteiger partial charge in [0.1, 0.15) is 5.82 Å². The Morgan fingerprint density at radius 1 is 1.07 bits per heavy atom.